The SMILES string of the molecule is CNS(=O)(=O)O[C@@H]1C[C@@H](Nc2ncncc2C(=O)c2cc(C(F)(F)F)n(Cc3cccc(Cl)c3)n2)[C@@H](F)[C@@H]1O. The van der Waals surface area contributed by atoms with Gasteiger partial charge in [-0.3, -0.25) is 13.7 Å². The molecule has 11 nitrogen and oxygen atoms in total. The molecule has 1 fully saturated rings. The van der Waals surface area contributed by atoms with E-state index in [9.17, 15) is 35.9 Å². The zero-order valence-corrected chi connectivity index (χ0v) is 21.5. The van der Waals surface area contributed by atoms with Crippen molar-refractivity contribution in [2.24, 2.45) is 0 Å². The van der Waals surface area contributed by atoms with Crippen molar-refractivity contribution in [1.29, 1.82) is 0 Å². The second-order valence-corrected chi connectivity index (χ2v) is 10.5. The second-order valence-electron chi connectivity index (χ2n) is 8.53. The number of carbonyl (C=O) groups is 1. The molecule has 0 unspecified atom stereocenters. The number of hydrogen-bond donors (Lipinski definition) is 3. The maximum Gasteiger partial charge on any atom is 0.433 e. The molecule has 1 aromatic carbocycles. The molecule has 17 heteroatoms. The van der Waals surface area contributed by atoms with Gasteiger partial charge in [-0.25, -0.2) is 14.4 Å². The van der Waals surface area contributed by atoms with E-state index < -0.39 is 58.1 Å². The molecule has 1 saturated carbocycles. The fourth-order valence-corrected chi connectivity index (χ4v) is 4.84. The number of nitrogens with zero attached hydrogens (tertiary/aromatic N) is 4. The normalized spacial score (nSPS) is 21.7. The summed E-state index contributed by atoms with van der Waals surface area (Å²) < 4.78 is 86.6. The van der Waals surface area contributed by atoms with Gasteiger partial charge in [0.2, 0.25) is 5.78 Å². The van der Waals surface area contributed by atoms with Gasteiger partial charge in [-0.05, 0) is 17.7 Å². The molecule has 3 N–H and O–H groups in total. The Morgan fingerprint density at radius 1 is 1.31 bits per heavy atom. The molecule has 0 radical (unpaired) electrons. The van der Waals surface area contributed by atoms with E-state index in [0.717, 1.165) is 19.6 Å². The highest BCUT2D eigenvalue weighted by atomic mass is 35.5. The van der Waals surface area contributed by atoms with Crippen LogP contribution in [0.15, 0.2) is 42.9 Å². The van der Waals surface area contributed by atoms with Gasteiger partial charge in [0.1, 0.15) is 41.9 Å². The molecule has 0 spiro atoms. The number of aliphatic hydroxyl groups is 1. The maximum absolute atomic E-state index is 14.8. The van der Waals surface area contributed by atoms with Crippen molar-refractivity contribution in [3.8, 4) is 0 Å². The molecule has 39 heavy (non-hydrogen) atoms. The first-order chi connectivity index (χ1) is 18.3. The van der Waals surface area contributed by atoms with Crippen molar-refractivity contribution in [3.63, 3.8) is 0 Å². The highest BCUT2D eigenvalue weighted by Gasteiger charge is 2.46. The zero-order valence-electron chi connectivity index (χ0n) is 19.9. The lowest BCUT2D eigenvalue weighted by atomic mass is 10.1. The summed E-state index contributed by atoms with van der Waals surface area (Å²) in [6.45, 7) is -0.334. The van der Waals surface area contributed by atoms with Gasteiger partial charge in [-0.15, -0.1) is 0 Å². The fourth-order valence-electron chi connectivity index (χ4n) is 4.02. The average Bonchev–Trinajstić information content (AvgIpc) is 3.41. The summed E-state index contributed by atoms with van der Waals surface area (Å²) in [5.74, 6) is -1.25. The van der Waals surface area contributed by atoms with Crippen LogP contribution in [-0.4, -0.2) is 70.5 Å². The number of alkyl halides is 4. The van der Waals surface area contributed by atoms with Crippen molar-refractivity contribution in [2.45, 2.75) is 43.6 Å². The molecule has 0 amide bonds. The number of aliphatic hydroxyl groups excluding tert-OH is 1. The molecule has 0 saturated heterocycles. The van der Waals surface area contributed by atoms with E-state index in [-0.39, 0.29) is 24.3 Å². The van der Waals surface area contributed by atoms with Gasteiger partial charge in [0.05, 0.1) is 18.2 Å². The minimum Gasteiger partial charge on any atom is -0.387 e. The largest absolute Gasteiger partial charge is 0.433 e. The molecular weight excluding hydrogens is 572 g/mol. The van der Waals surface area contributed by atoms with E-state index in [4.69, 9.17) is 15.8 Å². The van der Waals surface area contributed by atoms with Crippen molar-refractivity contribution in [2.75, 3.05) is 12.4 Å². The molecule has 0 bridgehead atoms. The van der Waals surface area contributed by atoms with E-state index in [0.29, 0.717) is 21.3 Å². The predicted octanol–water partition coefficient (Wildman–Crippen LogP) is 2.36. The van der Waals surface area contributed by atoms with E-state index in [2.05, 4.69) is 20.4 Å². The highest BCUT2D eigenvalue weighted by Crippen LogP contribution is 2.33. The number of hydrogen-bond acceptors (Lipinski definition) is 9. The number of ketones is 1. The summed E-state index contributed by atoms with van der Waals surface area (Å²) in [5, 5.41) is 16.9. The third-order valence-electron chi connectivity index (χ3n) is 5.88. The lowest BCUT2D eigenvalue weighted by molar-refractivity contribution is -0.144. The van der Waals surface area contributed by atoms with Crippen molar-refractivity contribution in [1.82, 2.24) is 24.5 Å². The number of halogens is 5. The second kappa shape index (κ2) is 11.1. The molecule has 4 atom stereocenters. The standard InChI is InChI=1S/C22H21ClF4N6O5S/c1-28-39(36,37)38-16-6-14(18(24)20(16)35)31-21-13(8-29-10-30-21)19(34)15-7-17(22(25,26)27)33(32-15)9-11-3-2-4-12(23)5-11/h2-5,7-8,10,14,16,18,20,28,35H,6,9H2,1H3,(H,29,30,31)/t14-,16-,18-,20-/m1/s1. The number of carbonyl (C=O) groups excluding carboxylic acids is 1. The van der Waals surface area contributed by atoms with Crippen molar-refractivity contribution < 1.29 is 40.1 Å². The van der Waals surface area contributed by atoms with Crippen molar-refractivity contribution >= 4 is 33.5 Å². The molecule has 2 heterocycles. The number of nitrogens with one attached hydrogen (secondary N) is 2. The van der Waals surface area contributed by atoms with Gasteiger partial charge in [0.25, 0.3) is 0 Å². The Balaban J connectivity index is 1.61. The van der Waals surface area contributed by atoms with Crippen LogP contribution in [0.1, 0.15) is 33.7 Å². The van der Waals surface area contributed by atoms with E-state index >= 15 is 0 Å². The summed E-state index contributed by atoms with van der Waals surface area (Å²) in [6.07, 6.45) is -8.48. The van der Waals surface area contributed by atoms with Crippen LogP contribution < -0.4 is 10.0 Å². The van der Waals surface area contributed by atoms with Gasteiger partial charge in [-0.1, -0.05) is 23.7 Å². The Morgan fingerprint density at radius 3 is 2.72 bits per heavy atom. The average molecular weight is 593 g/mol. The Bertz CT molecular complexity index is 1470. The quantitative estimate of drug-likeness (QED) is 0.251. The van der Waals surface area contributed by atoms with Crippen LogP contribution in [-0.2, 0) is 27.2 Å². The Morgan fingerprint density at radius 2 is 2.05 bits per heavy atom. The summed E-state index contributed by atoms with van der Waals surface area (Å²) >= 11 is 5.92. The minimum absolute atomic E-state index is 0.259. The van der Waals surface area contributed by atoms with Crippen LogP contribution in [0, 0.1) is 0 Å². The van der Waals surface area contributed by atoms with Crippen molar-refractivity contribution in [3.05, 3.63) is 70.4 Å². The van der Waals surface area contributed by atoms with Gasteiger partial charge in [-0.2, -0.15) is 31.4 Å². The monoisotopic (exact) mass is 592 g/mol. The topological polar surface area (TPSA) is 148 Å². The number of aromatic nitrogens is 4. The number of rotatable bonds is 9. The van der Waals surface area contributed by atoms with Crippen LogP contribution in [0.5, 0.6) is 0 Å². The van der Waals surface area contributed by atoms with Crippen LogP contribution in [0.4, 0.5) is 23.4 Å². The Kier molecular flexibility index (Phi) is 8.22. The summed E-state index contributed by atoms with van der Waals surface area (Å²) in [4.78, 5) is 20.9. The zero-order chi connectivity index (χ0) is 28.5. The van der Waals surface area contributed by atoms with Gasteiger partial charge >= 0.3 is 16.5 Å². The maximum atomic E-state index is 14.8. The first-order valence-corrected chi connectivity index (χ1v) is 13.0. The lowest BCUT2D eigenvalue weighted by Crippen LogP contribution is -2.35. The highest BCUT2D eigenvalue weighted by molar-refractivity contribution is 7.84. The molecule has 3 aromatic rings. The van der Waals surface area contributed by atoms with Gasteiger partial charge in [0, 0.05) is 30.8 Å². The smallest absolute Gasteiger partial charge is 0.387 e. The predicted molar refractivity (Wildman–Crippen MR) is 129 cm³/mol. The minimum atomic E-state index is -4.84. The van der Waals surface area contributed by atoms with E-state index in [1.165, 1.54) is 6.07 Å². The molecule has 4 rings (SSSR count). The fraction of sp³-hybridized carbons (Fsp3) is 0.364. The third-order valence-corrected chi connectivity index (χ3v) is 7.12. The third kappa shape index (κ3) is 6.52. The van der Waals surface area contributed by atoms with Crippen LogP contribution in [0.3, 0.4) is 0 Å². The molecular formula is C22H21ClF4N6O5S. The summed E-state index contributed by atoms with van der Waals surface area (Å²) in [6, 6.07) is 5.43. The van der Waals surface area contributed by atoms with E-state index in [1.54, 1.807) is 18.2 Å². The molecule has 2 aromatic heterocycles. The Labute approximate surface area is 224 Å². The van der Waals surface area contributed by atoms with Gasteiger partial charge in [0.15, 0.2) is 0 Å². The summed E-state index contributed by atoms with van der Waals surface area (Å²) in [7, 11) is -3.18. The van der Waals surface area contributed by atoms with Gasteiger partial charge < -0.3 is 10.4 Å². The number of anilines is 1. The van der Waals surface area contributed by atoms with Crippen LogP contribution in [0.2, 0.25) is 5.02 Å². The lowest BCUT2D eigenvalue weighted by Gasteiger charge is -2.17. The number of benzene rings is 1. The first-order valence-electron chi connectivity index (χ1n) is 11.2. The van der Waals surface area contributed by atoms with Crippen LogP contribution >= 0.6 is 11.6 Å². The summed E-state index contributed by atoms with van der Waals surface area (Å²) in [5.41, 5.74) is -1.68. The first kappa shape index (κ1) is 28.8. The molecule has 0 aliphatic heterocycles. The molecule has 210 valence electrons. The molecule has 1 aliphatic carbocycles. The Hall–Kier alpha value is -3.18. The molecule has 1 aliphatic rings. The van der Waals surface area contributed by atoms with Crippen LogP contribution in [0.25, 0.3) is 0 Å². The van der Waals surface area contributed by atoms with E-state index in [1.807, 2.05) is 4.72 Å².